The van der Waals surface area contributed by atoms with E-state index in [2.05, 4.69) is 4.98 Å². The van der Waals surface area contributed by atoms with Crippen molar-refractivity contribution >= 4 is 5.97 Å². The fourth-order valence-corrected chi connectivity index (χ4v) is 4.78. The lowest BCUT2D eigenvalue weighted by atomic mass is 9.86. The van der Waals surface area contributed by atoms with Gasteiger partial charge in [0, 0.05) is 56.8 Å². The van der Waals surface area contributed by atoms with Gasteiger partial charge in [0.2, 0.25) is 0 Å². The van der Waals surface area contributed by atoms with Gasteiger partial charge < -0.3 is 33.8 Å². The Bertz CT molecular complexity index is 1150. The summed E-state index contributed by atoms with van der Waals surface area (Å²) in [7, 11) is 2.82. The molecule has 4 rings (SSSR count). The highest BCUT2D eigenvalue weighted by atomic mass is 16.5. The zero-order valence-electron chi connectivity index (χ0n) is 21.2. The highest BCUT2D eigenvalue weighted by molar-refractivity contribution is 5.93. The standard InChI is InChI=1S/C26H34N2O8/c1-14(2)16-13-36-18-12-17(35-9-5-8-32-3)21(15-6-10-34-11-7-15)27-22(18)23-19(16)24(29)20(25(30)28-23)26(31)33-4/h12,14-16H,5-11,13H2,1-4H3,(H2,28,29,30). The number of carbonyl (C=O) groups excluding carboxylic acids is 1. The van der Waals surface area contributed by atoms with Gasteiger partial charge >= 0.3 is 5.97 Å². The summed E-state index contributed by atoms with van der Waals surface area (Å²) in [5.74, 6) is -0.419. The van der Waals surface area contributed by atoms with Gasteiger partial charge in [-0.25, -0.2) is 9.78 Å². The van der Waals surface area contributed by atoms with Gasteiger partial charge in [-0.05, 0) is 18.8 Å². The van der Waals surface area contributed by atoms with Gasteiger partial charge in [0.05, 0.1) is 31.7 Å². The molecule has 1 saturated heterocycles. The van der Waals surface area contributed by atoms with E-state index in [0.29, 0.717) is 54.9 Å². The molecule has 1 atom stereocenters. The summed E-state index contributed by atoms with van der Waals surface area (Å²) in [6.45, 7) is 6.47. The fraction of sp³-hybridized carbons (Fsp3) is 0.577. The molecule has 2 aromatic heterocycles. The summed E-state index contributed by atoms with van der Waals surface area (Å²) < 4.78 is 27.8. The Morgan fingerprint density at radius 2 is 2.00 bits per heavy atom. The molecule has 0 radical (unpaired) electrons. The first-order chi connectivity index (χ1) is 17.4. The number of aromatic hydroxyl groups is 1. The van der Waals surface area contributed by atoms with Crippen molar-refractivity contribution in [2.45, 2.75) is 44.9 Å². The van der Waals surface area contributed by atoms with Crippen LogP contribution in [0.5, 0.6) is 17.2 Å². The van der Waals surface area contributed by atoms with E-state index in [9.17, 15) is 14.7 Å². The number of hydrogen-bond acceptors (Lipinski definition) is 9. The lowest BCUT2D eigenvalue weighted by Crippen LogP contribution is -2.24. The molecule has 1 fully saturated rings. The number of methoxy groups -OCH3 is 2. The predicted molar refractivity (Wildman–Crippen MR) is 131 cm³/mol. The van der Waals surface area contributed by atoms with E-state index in [1.807, 2.05) is 19.9 Å². The quantitative estimate of drug-likeness (QED) is 0.412. The molecule has 0 aliphatic carbocycles. The van der Waals surface area contributed by atoms with Crippen molar-refractivity contribution in [1.82, 2.24) is 9.97 Å². The summed E-state index contributed by atoms with van der Waals surface area (Å²) >= 11 is 0. The number of nitrogens with zero attached hydrogens (tertiary/aromatic N) is 1. The number of aromatic nitrogens is 2. The molecule has 196 valence electrons. The van der Waals surface area contributed by atoms with Crippen LogP contribution in [-0.2, 0) is 14.2 Å². The number of hydrogen-bond donors (Lipinski definition) is 2. The van der Waals surface area contributed by atoms with Crippen LogP contribution in [0.15, 0.2) is 10.9 Å². The zero-order chi connectivity index (χ0) is 25.8. The molecule has 36 heavy (non-hydrogen) atoms. The van der Waals surface area contributed by atoms with Gasteiger partial charge in [-0.15, -0.1) is 0 Å². The average molecular weight is 503 g/mol. The first kappa shape index (κ1) is 26.0. The Kier molecular flexibility index (Phi) is 8.15. The molecular weight excluding hydrogens is 468 g/mol. The molecule has 2 N–H and O–H groups in total. The summed E-state index contributed by atoms with van der Waals surface area (Å²) in [6, 6.07) is 1.82. The van der Waals surface area contributed by atoms with Crippen molar-refractivity contribution in [3.63, 3.8) is 0 Å². The molecule has 2 aliphatic heterocycles. The van der Waals surface area contributed by atoms with E-state index in [1.54, 1.807) is 7.11 Å². The summed E-state index contributed by atoms with van der Waals surface area (Å²) in [5, 5.41) is 11.2. The molecule has 2 aromatic rings. The minimum atomic E-state index is -0.903. The maximum absolute atomic E-state index is 12.9. The van der Waals surface area contributed by atoms with Crippen LogP contribution in [-0.4, -0.2) is 68.3 Å². The second-order valence-electron chi connectivity index (χ2n) is 9.42. The Balaban J connectivity index is 1.90. The van der Waals surface area contributed by atoms with E-state index in [-0.39, 0.29) is 24.4 Å². The van der Waals surface area contributed by atoms with E-state index >= 15 is 0 Å². The van der Waals surface area contributed by atoms with Crippen molar-refractivity contribution in [3.05, 3.63) is 33.2 Å². The number of aromatic amines is 1. The second-order valence-corrected chi connectivity index (χ2v) is 9.42. The van der Waals surface area contributed by atoms with Crippen LogP contribution in [0.1, 0.15) is 66.6 Å². The lowest BCUT2D eigenvalue weighted by molar-refractivity contribution is 0.0594. The van der Waals surface area contributed by atoms with Crippen LogP contribution in [0.4, 0.5) is 0 Å². The van der Waals surface area contributed by atoms with Crippen molar-refractivity contribution in [1.29, 1.82) is 0 Å². The molecule has 0 saturated carbocycles. The van der Waals surface area contributed by atoms with E-state index in [0.717, 1.165) is 25.0 Å². The molecule has 0 amide bonds. The van der Waals surface area contributed by atoms with Crippen LogP contribution >= 0.6 is 0 Å². The largest absolute Gasteiger partial charge is 0.506 e. The minimum Gasteiger partial charge on any atom is -0.506 e. The third-order valence-corrected chi connectivity index (χ3v) is 6.79. The number of H-pyrrole nitrogens is 1. The second kappa shape index (κ2) is 11.3. The number of ether oxygens (including phenoxy) is 5. The van der Waals surface area contributed by atoms with Crippen LogP contribution in [0.25, 0.3) is 11.4 Å². The number of nitrogens with one attached hydrogen (secondary N) is 1. The topological polar surface area (TPSA) is 129 Å². The van der Waals surface area contributed by atoms with E-state index in [1.165, 1.54) is 7.11 Å². The van der Waals surface area contributed by atoms with Gasteiger partial charge in [0.1, 0.15) is 17.2 Å². The Morgan fingerprint density at radius 1 is 1.25 bits per heavy atom. The predicted octanol–water partition coefficient (Wildman–Crippen LogP) is 3.37. The molecule has 4 heterocycles. The number of rotatable bonds is 8. The molecule has 2 aliphatic rings. The Morgan fingerprint density at radius 3 is 2.67 bits per heavy atom. The third kappa shape index (κ3) is 5.05. The van der Waals surface area contributed by atoms with Crippen LogP contribution in [0, 0.1) is 5.92 Å². The van der Waals surface area contributed by atoms with Gasteiger partial charge in [-0.2, -0.15) is 0 Å². The average Bonchev–Trinajstić information content (AvgIpc) is 3.03. The molecule has 0 bridgehead atoms. The minimum absolute atomic E-state index is 0.0279. The highest BCUT2D eigenvalue weighted by Crippen LogP contribution is 2.46. The monoisotopic (exact) mass is 502 g/mol. The molecule has 1 unspecified atom stereocenters. The number of pyridine rings is 2. The first-order valence-corrected chi connectivity index (χ1v) is 12.3. The Labute approximate surface area is 209 Å². The summed E-state index contributed by atoms with van der Waals surface area (Å²) in [6.07, 6.45) is 2.29. The van der Waals surface area contributed by atoms with Gasteiger partial charge in [-0.1, -0.05) is 13.8 Å². The molecular formula is C26H34N2O8. The number of fused-ring (bicyclic) bond motifs is 3. The normalized spacial score (nSPS) is 17.6. The van der Waals surface area contributed by atoms with Gasteiger partial charge in [0.15, 0.2) is 11.3 Å². The van der Waals surface area contributed by atoms with Crippen molar-refractivity contribution in [2.75, 3.05) is 47.3 Å². The first-order valence-electron chi connectivity index (χ1n) is 12.3. The van der Waals surface area contributed by atoms with E-state index < -0.39 is 22.8 Å². The van der Waals surface area contributed by atoms with Crippen molar-refractivity contribution in [3.8, 4) is 28.6 Å². The Hall–Kier alpha value is -3.11. The molecule has 0 aromatic carbocycles. The molecule has 10 heteroatoms. The molecule has 0 spiro atoms. The highest BCUT2D eigenvalue weighted by Gasteiger charge is 2.35. The third-order valence-electron chi connectivity index (χ3n) is 6.79. The summed E-state index contributed by atoms with van der Waals surface area (Å²) in [5.41, 5.74) is 0.751. The lowest BCUT2D eigenvalue weighted by Gasteiger charge is -2.25. The smallest absolute Gasteiger partial charge is 0.347 e. The van der Waals surface area contributed by atoms with Gasteiger partial charge in [-0.3, -0.25) is 4.79 Å². The fourth-order valence-electron chi connectivity index (χ4n) is 4.78. The van der Waals surface area contributed by atoms with E-state index in [4.69, 9.17) is 28.7 Å². The van der Waals surface area contributed by atoms with Crippen molar-refractivity contribution in [2.24, 2.45) is 5.92 Å². The maximum Gasteiger partial charge on any atom is 0.347 e. The molecule has 10 nitrogen and oxygen atoms in total. The van der Waals surface area contributed by atoms with Crippen LogP contribution < -0.4 is 15.0 Å². The zero-order valence-corrected chi connectivity index (χ0v) is 21.2. The number of esters is 1. The van der Waals surface area contributed by atoms with Crippen LogP contribution in [0.2, 0.25) is 0 Å². The maximum atomic E-state index is 12.9. The SMILES string of the molecule is COCCCOc1cc2c(nc1C1CCOCC1)-c1[nH]c(=O)c(C(=O)OC)c(O)c1C(C(C)C)CO2. The van der Waals surface area contributed by atoms with Crippen LogP contribution in [0.3, 0.4) is 0 Å². The van der Waals surface area contributed by atoms with Crippen molar-refractivity contribution < 1.29 is 33.6 Å². The number of carbonyl (C=O) groups is 1. The van der Waals surface area contributed by atoms with Gasteiger partial charge in [0.25, 0.3) is 5.56 Å². The summed E-state index contributed by atoms with van der Waals surface area (Å²) in [4.78, 5) is 33.0.